The van der Waals surface area contributed by atoms with Gasteiger partial charge in [0.05, 0.1) is 0 Å². The largest absolute Gasteiger partial charge is 0.0651 e. The second kappa shape index (κ2) is 15.3. The minimum Gasteiger partial charge on any atom is -0.0651 e. The van der Waals surface area contributed by atoms with Gasteiger partial charge in [0.2, 0.25) is 0 Å². The molecule has 6 rings (SSSR count). The van der Waals surface area contributed by atoms with Crippen molar-refractivity contribution >= 4 is 5.57 Å². The van der Waals surface area contributed by atoms with Crippen molar-refractivity contribution in [1.82, 2.24) is 0 Å². The molecule has 276 valence electrons. The Morgan fingerprint density at radius 1 is 0.547 bits per heavy atom. The molecule has 3 atom stereocenters. The highest BCUT2D eigenvalue weighted by molar-refractivity contribution is 5.83. The van der Waals surface area contributed by atoms with Gasteiger partial charge in [0.1, 0.15) is 0 Å². The van der Waals surface area contributed by atoms with E-state index in [0.717, 1.165) is 32.1 Å². The minimum absolute atomic E-state index is 0.111. The van der Waals surface area contributed by atoms with Crippen molar-refractivity contribution < 1.29 is 0 Å². The van der Waals surface area contributed by atoms with Crippen LogP contribution in [-0.2, 0) is 10.8 Å². The fourth-order valence-electron chi connectivity index (χ4n) is 11.5. The molecular weight excluding hydrogens is 637 g/mol. The lowest BCUT2D eigenvalue weighted by Crippen LogP contribution is -2.71. The van der Waals surface area contributed by atoms with E-state index in [1.54, 1.807) is 11.1 Å². The molecule has 0 nitrogen and oxygen atoms in total. The third-order valence-electron chi connectivity index (χ3n) is 13.3. The van der Waals surface area contributed by atoms with Crippen molar-refractivity contribution in [3.63, 3.8) is 0 Å². The Hall–Kier alpha value is -4.16. The second-order valence-electron chi connectivity index (χ2n) is 17.9. The van der Waals surface area contributed by atoms with Crippen LogP contribution in [0.4, 0.5) is 0 Å². The van der Waals surface area contributed by atoms with Gasteiger partial charge in [-0.3, -0.25) is 0 Å². The zero-order chi connectivity index (χ0) is 37.9. The molecule has 0 aromatic heterocycles. The lowest BCUT2D eigenvalue weighted by Gasteiger charge is -2.73. The van der Waals surface area contributed by atoms with E-state index in [4.69, 9.17) is 0 Å². The first-order valence-electron chi connectivity index (χ1n) is 20.4. The Morgan fingerprint density at radius 2 is 0.981 bits per heavy atom. The van der Waals surface area contributed by atoms with E-state index in [2.05, 4.69) is 214 Å². The molecule has 0 aliphatic heterocycles. The van der Waals surface area contributed by atoms with Crippen molar-refractivity contribution in [3.8, 4) is 0 Å². The molecule has 5 aromatic carbocycles. The molecule has 5 aromatic rings. The third-order valence-corrected chi connectivity index (χ3v) is 13.3. The zero-order valence-electron chi connectivity index (χ0n) is 34.1. The summed E-state index contributed by atoms with van der Waals surface area (Å²) in [4.78, 5) is 0. The highest BCUT2D eigenvalue weighted by Gasteiger charge is 2.75. The fourth-order valence-corrected chi connectivity index (χ4v) is 11.5. The van der Waals surface area contributed by atoms with E-state index >= 15 is 0 Å². The normalized spacial score (nSPS) is 21.9. The van der Waals surface area contributed by atoms with E-state index in [9.17, 15) is 0 Å². The Balaban J connectivity index is 2.04. The van der Waals surface area contributed by atoms with E-state index < -0.39 is 10.8 Å². The van der Waals surface area contributed by atoms with Crippen LogP contribution in [0.15, 0.2) is 157 Å². The summed E-state index contributed by atoms with van der Waals surface area (Å²) in [5.41, 5.74) is 9.08. The summed E-state index contributed by atoms with van der Waals surface area (Å²) in [6.45, 7) is 22.6. The molecule has 0 spiro atoms. The van der Waals surface area contributed by atoms with Crippen LogP contribution in [0.1, 0.15) is 128 Å². The average molecular weight is 701 g/mol. The van der Waals surface area contributed by atoms with E-state index in [0.29, 0.717) is 0 Å². The Morgan fingerprint density at radius 3 is 1.40 bits per heavy atom. The van der Waals surface area contributed by atoms with Crippen molar-refractivity contribution in [2.24, 2.45) is 22.2 Å². The van der Waals surface area contributed by atoms with Gasteiger partial charge in [0.15, 0.2) is 0 Å². The Bertz CT molecular complexity index is 1890. The number of rotatable bonds is 12. The molecule has 53 heavy (non-hydrogen) atoms. The SMILES string of the molecule is CCCC1=C(c2ccccc2)C(CC)(C(C)(C)CCC(C)(C)C)C(c2ccccc2)(c2ccccc2)C(c2ccccc2)(C(C)C)C1c1ccccc1. The first kappa shape index (κ1) is 38.6. The highest BCUT2D eigenvalue weighted by atomic mass is 14.8. The summed E-state index contributed by atoms with van der Waals surface area (Å²) in [6, 6.07) is 58.7. The highest BCUT2D eigenvalue weighted by Crippen LogP contribution is 2.79. The monoisotopic (exact) mass is 701 g/mol. The predicted octanol–water partition coefficient (Wildman–Crippen LogP) is 14.9. The van der Waals surface area contributed by atoms with Gasteiger partial charge < -0.3 is 0 Å². The van der Waals surface area contributed by atoms with Crippen molar-refractivity contribution in [2.75, 3.05) is 0 Å². The molecule has 0 radical (unpaired) electrons. The van der Waals surface area contributed by atoms with E-state index in [-0.39, 0.29) is 28.1 Å². The molecule has 1 aliphatic rings. The molecule has 0 saturated carbocycles. The van der Waals surface area contributed by atoms with Gasteiger partial charge in [-0.25, -0.2) is 0 Å². The Kier molecular flexibility index (Phi) is 11.1. The number of benzene rings is 5. The lowest BCUT2D eigenvalue weighted by molar-refractivity contribution is -0.0433. The summed E-state index contributed by atoms with van der Waals surface area (Å²) < 4.78 is 0. The maximum atomic E-state index is 2.65. The maximum Gasteiger partial charge on any atom is 0.0412 e. The van der Waals surface area contributed by atoms with Gasteiger partial charge in [0, 0.05) is 22.2 Å². The summed E-state index contributed by atoms with van der Waals surface area (Å²) in [5.74, 6) is 0.365. The van der Waals surface area contributed by atoms with Crippen LogP contribution < -0.4 is 0 Å². The first-order valence-corrected chi connectivity index (χ1v) is 20.4. The van der Waals surface area contributed by atoms with Crippen LogP contribution in [0, 0.1) is 22.2 Å². The van der Waals surface area contributed by atoms with Crippen LogP contribution in [0.2, 0.25) is 0 Å². The smallest absolute Gasteiger partial charge is 0.0412 e. The molecule has 0 N–H and O–H groups in total. The average Bonchev–Trinajstić information content (AvgIpc) is 3.17. The number of allylic oxidation sites excluding steroid dienone is 2. The number of hydrogen-bond donors (Lipinski definition) is 0. The van der Waals surface area contributed by atoms with Gasteiger partial charge in [0.25, 0.3) is 0 Å². The van der Waals surface area contributed by atoms with Crippen molar-refractivity contribution in [3.05, 3.63) is 185 Å². The molecule has 0 bridgehead atoms. The van der Waals surface area contributed by atoms with Gasteiger partial charge in [-0.05, 0) is 75.8 Å². The van der Waals surface area contributed by atoms with Crippen molar-refractivity contribution in [1.29, 1.82) is 0 Å². The summed E-state index contributed by atoms with van der Waals surface area (Å²) >= 11 is 0. The molecule has 0 saturated heterocycles. The summed E-state index contributed by atoms with van der Waals surface area (Å²) in [7, 11) is 0. The Labute approximate surface area is 322 Å². The topological polar surface area (TPSA) is 0 Å². The molecule has 0 fully saturated rings. The van der Waals surface area contributed by atoms with Crippen molar-refractivity contribution in [2.45, 2.75) is 111 Å². The van der Waals surface area contributed by atoms with Crippen LogP contribution in [-0.4, -0.2) is 0 Å². The minimum atomic E-state index is -0.503. The molecule has 3 unspecified atom stereocenters. The molecule has 1 aliphatic carbocycles. The molecule has 0 heteroatoms. The van der Waals surface area contributed by atoms with Crippen LogP contribution in [0.25, 0.3) is 5.57 Å². The van der Waals surface area contributed by atoms with Crippen LogP contribution in [0.3, 0.4) is 0 Å². The standard InChI is InChI=1S/C53H64/c1-10-27-46-47(41-28-17-12-18-29-41)51(11-2,50(8,9)39-38-49(5,6)7)53(44-34-23-15-24-35-44,45-36-25-16-26-37-45)52(40(3)4,43-32-21-14-22-33-43)48(46)42-30-19-13-20-31-42/h12-26,28-37,40,48H,10-11,27,38-39H2,1-9H3. The van der Waals surface area contributed by atoms with Gasteiger partial charge in [-0.2, -0.15) is 0 Å². The molecule has 0 heterocycles. The summed E-state index contributed by atoms with van der Waals surface area (Å²) in [6.07, 6.45) is 5.38. The second-order valence-corrected chi connectivity index (χ2v) is 17.9. The first-order chi connectivity index (χ1) is 25.4. The summed E-state index contributed by atoms with van der Waals surface area (Å²) in [5, 5.41) is 0. The molecular formula is C53H64. The third kappa shape index (κ3) is 6.15. The number of hydrogen-bond acceptors (Lipinski definition) is 0. The van der Waals surface area contributed by atoms with Crippen LogP contribution >= 0.6 is 0 Å². The van der Waals surface area contributed by atoms with Gasteiger partial charge in [-0.1, -0.05) is 226 Å². The van der Waals surface area contributed by atoms with Gasteiger partial charge >= 0.3 is 0 Å². The lowest BCUT2D eigenvalue weighted by atomic mass is 9.28. The van der Waals surface area contributed by atoms with Gasteiger partial charge in [-0.15, -0.1) is 0 Å². The van der Waals surface area contributed by atoms with Crippen LogP contribution in [0.5, 0.6) is 0 Å². The predicted molar refractivity (Wildman–Crippen MR) is 229 cm³/mol. The zero-order valence-corrected chi connectivity index (χ0v) is 34.1. The van der Waals surface area contributed by atoms with E-state index in [1.807, 2.05) is 0 Å². The molecule has 0 amide bonds. The fraction of sp³-hybridized carbons (Fsp3) is 0.396. The quantitative estimate of drug-likeness (QED) is 0.122. The van der Waals surface area contributed by atoms with E-state index in [1.165, 1.54) is 27.8 Å². The maximum absolute atomic E-state index is 2.65.